The summed E-state index contributed by atoms with van der Waals surface area (Å²) in [6, 6.07) is 14.6. The van der Waals surface area contributed by atoms with Crippen LogP contribution in [0.25, 0.3) is 10.9 Å². The number of rotatable bonds is 7. The molecule has 0 spiro atoms. The van der Waals surface area contributed by atoms with Crippen LogP contribution in [0.15, 0.2) is 65.8 Å². The molecule has 0 aliphatic heterocycles. The van der Waals surface area contributed by atoms with Crippen molar-refractivity contribution in [3.05, 3.63) is 76.9 Å². The van der Waals surface area contributed by atoms with E-state index in [1.807, 2.05) is 19.2 Å². The minimum atomic E-state index is 0.294. The second-order valence-electron chi connectivity index (χ2n) is 8.19. The Balaban J connectivity index is 1.98. The first kappa shape index (κ1) is 21.6. The third-order valence-electron chi connectivity index (χ3n) is 5.31. The van der Waals surface area contributed by atoms with Gasteiger partial charge in [-0.15, -0.1) is 0 Å². The summed E-state index contributed by atoms with van der Waals surface area (Å²) < 4.78 is 0. The van der Waals surface area contributed by atoms with Crippen molar-refractivity contribution >= 4 is 28.4 Å². The molecule has 0 unspecified atom stereocenters. The van der Waals surface area contributed by atoms with Gasteiger partial charge in [-0.2, -0.15) is 4.98 Å². The summed E-state index contributed by atoms with van der Waals surface area (Å²) in [4.78, 5) is 11.2. The van der Waals surface area contributed by atoms with E-state index < -0.39 is 0 Å². The van der Waals surface area contributed by atoms with Crippen molar-refractivity contribution in [1.29, 1.82) is 0 Å². The van der Waals surface area contributed by atoms with E-state index in [2.05, 4.69) is 85.0 Å². The van der Waals surface area contributed by atoms with Crippen molar-refractivity contribution in [3.63, 3.8) is 0 Å². The van der Waals surface area contributed by atoms with Crippen molar-refractivity contribution in [2.24, 2.45) is 0 Å². The summed E-state index contributed by atoms with van der Waals surface area (Å²) in [7, 11) is 2.03. The van der Waals surface area contributed by atoms with Crippen LogP contribution in [0.2, 0.25) is 0 Å². The Hall–Kier alpha value is -3.14. The number of aromatic nitrogens is 2. The largest absolute Gasteiger partial charge is 0.368 e. The third-order valence-corrected chi connectivity index (χ3v) is 5.31. The maximum absolute atomic E-state index is 6.05. The van der Waals surface area contributed by atoms with E-state index in [4.69, 9.17) is 5.73 Å². The summed E-state index contributed by atoms with van der Waals surface area (Å²) in [5.74, 6) is 1.13. The number of nitrogen functional groups attached to an aromatic ring is 1. The Kier molecular flexibility index (Phi) is 6.88. The average molecular weight is 401 g/mol. The van der Waals surface area contributed by atoms with Crippen LogP contribution >= 0.6 is 0 Å². The van der Waals surface area contributed by atoms with Crippen LogP contribution in [-0.2, 0) is 6.42 Å². The first-order valence-electron chi connectivity index (χ1n) is 10.5. The van der Waals surface area contributed by atoms with Crippen molar-refractivity contribution in [2.45, 2.75) is 47.0 Å². The lowest BCUT2D eigenvalue weighted by Gasteiger charge is -2.21. The van der Waals surface area contributed by atoms with Gasteiger partial charge in [-0.1, -0.05) is 53.1 Å². The SMILES string of the molecule is CC(C)=CCCC(C)=CCc1cccc2nc(N)nc(N(C)c3ccc(C)cc3)c12. The first-order chi connectivity index (χ1) is 14.3. The lowest BCUT2D eigenvalue weighted by atomic mass is 10.0. The highest BCUT2D eigenvalue weighted by Crippen LogP contribution is 2.32. The van der Waals surface area contributed by atoms with Gasteiger partial charge < -0.3 is 10.6 Å². The minimum absolute atomic E-state index is 0.294. The van der Waals surface area contributed by atoms with Gasteiger partial charge in [-0.05, 0) is 70.7 Å². The Morgan fingerprint density at radius 3 is 2.43 bits per heavy atom. The lowest BCUT2D eigenvalue weighted by molar-refractivity contribution is 0.956. The number of allylic oxidation sites excluding steroid dienone is 4. The fourth-order valence-corrected chi connectivity index (χ4v) is 3.53. The molecule has 0 amide bonds. The summed E-state index contributed by atoms with van der Waals surface area (Å²) >= 11 is 0. The van der Waals surface area contributed by atoms with E-state index in [9.17, 15) is 0 Å². The van der Waals surface area contributed by atoms with Crippen LogP contribution in [0.1, 0.15) is 44.7 Å². The summed E-state index contributed by atoms with van der Waals surface area (Å²) in [5.41, 5.74) is 13.2. The smallest absolute Gasteiger partial charge is 0.222 e. The molecule has 0 fully saturated rings. The highest BCUT2D eigenvalue weighted by molar-refractivity contribution is 5.95. The van der Waals surface area contributed by atoms with Crippen molar-refractivity contribution in [1.82, 2.24) is 9.97 Å². The fourth-order valence-electron chi connectivity index (χ4n) is 3.53. The molecule has 0 aliphatic rings. The Morgan fingerprint density at radius 1 is 1.00 bits per heavy atom. The third kappa shape index (κ3) is 5.26. The highest BCUT2D eigenvalue weighted by atomic mass is 15.2. The zero-order valence-corrected chi connectivity index (χ0v) is 18.7. The molecule has 0 saturated heterocycles. The van der Waals surface area contributed by atoms with Gasteiger partial charge in [0.15, 0.2) is 0 Å². The maximum atomic E-state index is 6.05. The molecule has 3 rings (SSSR count). The molecule has 0 atom stereocenters. The number of fused-ring (bicyclic) bond motifs is 1. The number of nitrogens with two attached hydrogens (primary N) is 1. The molecule has 1 heterocycles. The number of benzene rings is 2. The number of anilines is 3. The van der Waals surface area contributed by atoms with Crippen molar-refractivity contribution < 1.29 is 0 Å². The number of hydrogen-bond acceptors (Lipinski definition) is 4. The van der Waals surface area contributed by atoms with Crippen LogP contribution in [0, 0.1) is 6.92 Å². The molecule has 1 aromatic heterocycles. The monoisotopic (exact) mass is 400 g/mol. The lowest BCUT2D eigenvalue weighted by Crippen LogP contribution is -2.14. The summed E-state index contributed by atoms with van der Waals surface area (Å²) in [5, 5.41) is 1.06. The van der Waals surface area contributed by atoms with E-state index in [0.29, 0.717) is 5.95 Å². The topological polar surface area (TPSA) is 55.0 Å². The normalized spacial score (nSPS) is 11.6. The predicted molar refractivity (Wildman–Crippen MR) is 129 cm³/mol. The van der Waals surface area contributed by atoms with E-state index in [1.165, 1.54) is 22.3 Å². The maximum Gasteiger partial charge on any atom is 0.222 e. The second kappa shape index (κ2) is 9.57. The van der Waals surface area contributed by atoms with Gasteiger partial charge in [0.25, 0.3) is 0 Å². The van der Waals surface area contributed by atoms with Gasteiger partial charge in [0.2, 0.25) is 5.95 Å². The molecule has 3 aromatic rings. The molecule has 4 nitrogen and oxygen atoms in total. The molecule has 0 aliphatic carbocycles. The van der Waals surface area contributed by atoms with Gasteiger partial charge >= 0.3 is 0 Å². The van der Waals surface area contributed by atoms with Gasteiger partial charge in [-0.3, -0.25) is 0 Å². The van der Waals surface area contributed by atoms with Gasteiger partial charge in [0.05, 0.1) is 5.52 Å². The predicted octanol–water partition coefficient (Wildman–Crippen LogP) is 6.52. The van der Waals surface area contributed by atoms with Gasteiger partial charge in [0.1, 0.15) is 5.82 Å². The zero-order valence-electron chi connectivity index (χ0n) is 18.7. The molecule has 0 bridgehead atoms. The van der Waals surface area contributed by atoms with Crippen LogP contribution < -0.4 is 10.6 Å². The highest BCUT2D eigenvalue weighted by Gasteiger charge is 2.15. The molecule has 156 valence electrons. The fraction of sp³-hybridized carbons (Fsp3) is 0.308. The van der Waals surface area contributed by atoms with Crippen LogP contribution in [0.3, 0.4) is 0 Å². The van der Waals surface area contributed by atoms with E-state index >= 15 is 0 Å². The Bertz CT molecular complexity index is 1070. The van der Waals surface area contributed by atoms with Gasteiger partial charge in [0, 0.05) is 18.1 Å². The summed E-state index contributed by atoms with van der Waals surface area (Å²) in [6.45, 7) is 8.59. The molecule has 2 aromatic carbocycles. The number of hydrogen-bond donors (Lipinski definition) is 1. The minimum Gasteiger partial charge on any atom is -0.368 e. The number of nitrogens with zero attached hydrogens (tertiary/aromatic N) is 3. The van der Waals surface area contributed by atoms with Crippen LogP contribution in [-0.4, -0.2) is 17.0 Å². The number of aryl methyl sites for hydroxylation is 1. The molecular formula is C26H32N4. The molecule has 4 heteroatoms. The summed E-state index contributed by atoms with van der Waals surface area (Å²) in [6.07, 6.45) is 7.62. The van der Waals surface area contributed by atoms with E-state index in [-0.39, 0.29) is 0 Å². The molecular weight excluding hydrogens is 368 g/mol. The molecule has 30 heavy (non-hydrogen) atoms. The van der Waals surface area contributed by atoms with E-state index in [1.54, 1.807) is 0 Å². The van der Waals surface area contributed by atoms with Crippen molar-refractivity contribution in [3.8, 4) is 0 Å². The Labute approximate surface area is 180 Å². The van der Waals surface area contributed by atoms with E-state index in [0.717, 1.165) is 41.7 Å². The quantitative estimate of drug-likeness (QED) is 0.458. The first-order valence-corrected chi connectivity index (χ1v) is 10.5. The standard InChI is InChI=1S/C26H32N4/c1-18(2)8-6-9-19(3)12-15-21-10-7-11-23-24(21)25(29-26(27)28-23)30(5)22-16-13-20(4)14-17-22/h7-8,10-14,16-17H,6,9,15H2,1-5H3,(H2,27,28,29). The average Bonchev–Trinajstić information content (AvgIpc) is 2.71. The second-order valence-corrected chi connectivity index (χ2v) is 8.19. The Morgan fingerprint density at radius 2 is 1.73 bits per heavy atom. The molecule has 0 radical (unpaired) electrons. The molecule has 2 N–H and O–H groups in total. The van der Waals surface area contributed by atoms with Crippen molar-refractivity contribution in [2.75, 3.05) is 17.7 Å². The van der Waals surface area contributed by atoms with Crippen LogP contribution in [0.4, 0.5) is 17.5 Å². The molecule has 0 saturated carbocycles. The van der Waals surface area contributed by atoms with Gasteiger partial charge in [-0.25, -0.2) is 4.98 Å². The zero-order chi connectivity index (χ0) is 21.7. The van der Waals surface area contributed by atoms with Crippen LogP contribution in [0.5, 0.6) is 0 Å².